The molecule has 0 aromatic rings. The molecule has 0 aliphatic heterocycles. The van der Waals surface area contributed by atoms with Crippen LogP contribution in [0.4, 0.5) is 0 Å². The van der Waals surface area contributed by atoms with Crippen LogP contribution in [0.5, 0.6) is 0 Å². The van der Waals surface area contributed by atoms with Crippen LogP contribution in [-0.2, 0) is 15.6 Å². The number of nitrogens with zero attached hydrogens (tertiary/aromatic N) is 1. The molecule has 1 aliphatic rings. The third-order valence-electron chi connectivity index (χ3n) is 2.12. The molecule has 1 unspecified atom stereocenters. The van der Waals surface area contributed by atoms with Gasteiger partial charge < -0.3 is 10.6 Å². The Hall–Kier alpha value is -0.420. The average Bonchev–Trinajstić information content (AvgIpc) is 2.85. The number of amides is 1. The van der Waals surface area contributed by atoms with Gasteiger partial charge in [-0.25, -0.2) is 0 Å². The summed E-state index contributed by atoms with van der Waals surface area (Å²) in [5.74, 6) is 0.531. The van der Waals surface area contributed by atoms with E-state index in [0.29, 0.717) is 18.3 Å². The van der Waals surface area contributed by atoms with Gasteiger partial charge in [-0.05, 0) is 12.8 Å². The Kier molecular flexibility index (Phi) is 3.87. The molecule has 0 heterocycles. The van der Waals surface area contributed by atoms with Gasteiger partial charge in [0.05, 0.1) is 0 Å². The second kappa shape index (κ2) is 4.72. The number of rotatable bonds is 5. The van der Waals surface area contributed by atoms with Crippen molar-refractivity contribution in [1.82, 2.24) is 4.90 Å². The van der Waals surface area contributed by atoms with E-state index in [4.69, 9.17) is 5.73 Å². The Morgan fingerprint density at radius 3 is 2.69 bits per heavy atom. The first-order valence-corrected chi connectivity index (χ1v) is 5.94. The normalized spacial score (nSPS) is 18.3. The van der Waals surface area contributed by atoms with Crippen LogP contribution < -0.4 is 5.73 Å². The van der Waals surface area contributed by atoms with E-state index in [-0.39, 0.29) is 11.7 Å². The van der Waals surface area contributed by atoms with Gasteiger partial charge in [0.1, 0.15) is 5.75 Å². The van der Waals surface area contributed by atoms with Gasteiger partial charge in [-0.2, -0.15) is 0 Å². The molecule has 1 amide bonds. The van der Waals surface area contributed by atoms with Gasteiger partial charge in [0.25, 0.3) is 0 Å². The highest BCUT2D eigenvalue weighted by Crippen LogP contribution is 2.25. The zero-order chi connectivity index (χ0) is 9.84. The van der Waals surface area contributed by atoms with Crippen molar-refractivity contribution in [1.29, 1.82) is 0 Å². The number of hydrogen-bond donors (Lipinski definition) is 1. The first-order chi connectivity index (χ1) is 6.15. The Labute approximate surface area is 80.9 Å². The molecule has 0 bridgehead atoms. The summed E-state index contributed by atoms with van der Waals surface area (Å²) in [6.45, 7) is 0.382. The minimum Gasteiger partial charge on any atom is -0.342 e. The molecule has 0 aromatic heterocycles. The maximum Gasteiger partial charge on any atom is 0.235 e. The molecule has 13 heavy (non-hydrogen) atoms. The summed E-state index contributed by atoms with van der Waals surface area (Å²) in [5.41, 5.74) is 5.24. The number of nitrogens with two attached hydrogens (primary N) is 1. The van der Waals surface area contributed by atoms with E-state index in [1.165, 1.54) is 0 Å². The van der Waals surface area contributed by atoms with Gasteiger partial charge in [-0.1, -0.05) is 0 Å². The van der Waals surface area contributed by atoms with E-state index in [9.17, 15) is 9.00 Å². The average molecular weight is 204 g/mol. The highest BCUT2D eigenvalue weighted by Gasteiger charge is 2.29. The Balaban J connectivity index is 2.26. The van der Waals surface area contributed by atoms with E-state index in [1.54, 1.807) is 11.9 Å². The van der Waals surface area contributed by atoms with E-state index in [1.807, 2.05) is 0 Å². The van der Waals surface area contributed by atoms with Gasteiger partial charge in [0.15, 0.2) is 0 Å². The first-order valence-electron chi connectivity index (χ1n) is 4.46. The van der Waals surface area contributed by atoms with Crippen LogP contribution in [-0.4, -0.2) is 46.2 Å². The highest BCUT2D eigenvalue weighted by atomic mass is 32.2. The third-order valence-corrected chi connectivity index (χ3v) is 3.38. The summed E-state index contributed by atoms with van der Waals surface area (Å²) in [6, 6.07) is 0.405. The highest BCUT2D eigenvalue weighted by molar-refractivity contribution is 7.85. The monoisotopic (exact) mass is 204 g/mol. The van der Waals surface area contributed by atoms with Crippen molar-refractivity contribution >= 4 is 16.7 Å². The molecule has 4 nitrogen and oxygen atoms in total. The molecule has 1 aliphatic carbocycles. The molecule has 2 N–H and O–H groups in total. The van der Waals surface area contributed by atoms with E-state index < -0.39 is 10.8 Å². The fourth-order valence-corrected chi connectivity index (χ4v) is 1.99. The molecule has 0 saturated heterocycles. The summed E-state index contributed by atoms with van der Waals surface area (Å²) >= 11 is 0. The van der Waals surface area contributed by atoms with Gasteiger partial charge in [0.2, 0.25) is 5.91 Å². The Morgan fingerprint density at radius 2 is 2.23 bits per heavy atom. The van der Waals surface area contributed by atoms with Crippen molar-refractivity contribution in [3.05, 3.63) is 0 Å². The Morgan fingerprint density at radius 1 is 1.62 bits per heavy atom. The largest absolute Gasteiger partial charge is 0.342 e. The molecule has 0 aromatic carbocycles. The standard InChI is InChI=1S/C8H16N2O2S/c1-10(7-2-3-7)8(11)6-13(12)5-4-9/h7H,2-6,9H2,1H3. The summed E-state index contributed by atoms with van der Waals surface area (Å²) in [6.07, 6.45) is 2.18. The quantitative estimate of drug-likeness (QED) is 0.645. The van der Waals surface area contributed by atoms with Crippen LogP contribution in [0, 0.1) is 0 Å². The topological polar surface area (TPSA) is 63.4 Å². The van der Waals surface area contributed by atoms with Gasteiger partial charge in [-0.3, -0.25) is 9.00 Å². The van der Waals surface area contributed by atoms with Crippen molar-refractivity contribution in [2.75, 3.05) is 25.1 Å². The maximum absolute atomic E-state index is 11.4. The fraction of sp³-hybridized carbons (Fsp3) is 0.875. The minimum absolute atomic E-state index is 0.0192. The molecule has 1 saturated carbocycles. The van der Waals surface area contributed by atoms with Crippen LogP contribution in [0.1, 0.15) is 12.8 Å². The summed E-state index contributed by atoms with van der Waals surface area (Å²) in [7, 11) is 0.702. The predicted octanol–water partition coefficient (Wildman–Crippen LogP) is -0.685. The third kappa shape index (κ3) is 3.44. The van der Waals surface area contributed by atoms with Crippen molar-refractivity contribution in [3.63, 3.8) is 0 Å². The fourth-order valence-electron chi connectivity index (χ4n) is 1.11. The molecule has 1 fully saturated rings. The van der Waals surface area contributed by atoms with Crippen LogP contribution in [0.25, 0.3) is 0 Å². The summed E-state index contributed by atoms with van der Waals surface area (Å²) in [4.78, 5) is 13.1. The van der Waals surface area contributed by atoms with Gasteiger partial charge in [-0.15, -0.1) is 0 Å². The molecule has 1 atom stereocenters. The molecule has 1 rings (SSSR count). The first kappa shape index (κ1) is 10.7. The van der Waals surface area contributed by atoms with Crippen LogP contribution in [0.15, 0.2) is 0 Å². The van der Waals surface area contributed by atoms with Crippen molar-refractivity contribution < 1.29 is 9.00 Å². The van der Waals surface area contributed by atoms with Crippen LogP contribution in [0.3, 0.4) is 0 Å². The minimum atomic E-state index is -1.08. The zero-order valence-corrected chi connectivity index (χ0v) is 8.68. The van der Waals surface area contributed by atoms with Crippen molar-refractivity contribution in [3.8, 4) is 0 Å². The predicted molar refractivity (Wildman–Crippen MR) is 52.7 cm³/mol. The van der Waals surface area contributed by atoms with Gasteiger partial charge >= 0.3 is 0 Å². The zero-order valence-electron chi connectivity index (χ0n) is 7.86. The molecular formula is C8H16N2O2S. The molecule has 76 valence electrons. The second-order valence-electron chi connectivity index (χ2n) is 3.31. The SMILES string of the molecule is CN(C(=O)CS(=O)CCN)C1CC1. The van der Waals surface area contributed by atoms with E-state index >= 15 is 0 Å². The molecule has 0 radical (unpaired) electrons. The lowest BCUT2D eigenvalue weighted by molar-refractivity contribution is -0.127. The van der Waals surface area contributed by atoms with E-state index in [0.717, 1.165) is 12.8 Å². The van der Waals surface area contributed by atoms with Crippen molar-refractivity contribution in [2.24, 2.45) is 5.73 Å². The van der Waals surface area contributed by atoms with Crippen LogP contribution in [0.2, 0.25) is 0 Å². The van der Waals surface area contributed by atoms with Crippen molar-refractivity contribution in [2.45, 2.75) is 18.9 Å². The lowest BCUT2D eigenvalue weighted by Crippen LogP contribution is -2.33. The van der Waals surface area contributed by atoms with Gasteiger partial charge in [0, 0.05) is 36.2 Å². The summed E-state index contributed by atoms with van der Waals surface area (Å²) in [5, 5.41) is 0. The Bertz CT molecular complexity index is 216. The molecular weight excluding hydrogens is 188 g/mol. The molecule has 0 spiro atoms. The maximum atomic E-state index is 11.4. The summed E-state index contributed by atoms with van der Waals surface area (Å²) < 4.78 is 11.2. The van der Waals surface area contributed by atoms with E-state index in [2.05, 4.69) is 0 Å². The smallest absolute Gasteiger partial charge is 0.235 e. The number of hydrogen-bond acceptors (Lipinski definition) is 3. The second-order valence-corrected chi connectivity index (χ2v) is 4.89. The van der Waals surface area contributed by atoms with Crippen LogP contribution >= 0.6 is 0 Å². The number of carbonyl (C=O) groups excluding carboxylic acids is 1. The lowest BCUT2D eigenvalue weighted by atomic mass is 10.5. The molecule has 5 heteroatoms. The lowest BCUT2D eigenvalue weighted by Gasteiger charge is -2.15. The number of carbonyl (C=O) groups is 1.